The number of hydrogen-bond acceptors (Lipinski definition) is 4. The molecule has 0 aliphatic rings. The van der Waals surface area contributed by atoms with Crippen LogP contribution in [0.4, 0.5) is 0 Å². The van der Waals surface area contributed by atoms with E-state index in [9.17, 15) is 19.5 Å². The first-order valence-corrected chi connectivity index (χ1v) is 8.27. The van der Waals surface area contributed by atoms with Crippen molar-refractivity contribution in [1.29, 1.82) is 0 Å². The molecule has 1 atom stereocenters. The predicted octanol–water partition coefficient (Wildman–Crippen LogP) is 1.58. The van der Waals surface area contributed by atoms with Crippen LogP contribution in [0, 0.1) is 0 Å². The molecule has 0 aliphatic heterocycles. The van der Waals surface area contributed by atoms with Crippen molar-refractivity contribution in [2.45, 2.75) is 19.9 Å². The third-order valence-electron chi connectivity index (χ3n) is 3.69. The number of carboxylic acid groups (broad SMARTS) is 1. The van der Waals surface area contributed by atoms with E-state index in [1.165, 1.54) is 24.6 Å². The maximum Gasteiger partial charge on any atom is 0.326 e. The van der Waals surface area contributed by atoms with Crippen molar-refractivity contribution in [2.75, 3.05) is 13.1 Å². The van der Waals surface area contributed by atoms with Crippen LogP contribution < -0.4 is 5.32 Å². The summed E-state index contributed by atoms with van der Waals surface area (Å²) in [6, 6.07) is 7.39. The third-order valence-corrected chi connectivity index (χ3v) is 3.93. The quantitative estimate of drug-likeness (QED) is 0.761. The predicted molar refractivity (Wildman–Crippen MR) is 95.4 cm³/mol. The van der Waals surface area contributed by atoms with E-state index in [4.69, 9.17) is 11.6 Å². The van der Waals surface area contributed by atoms with E-state index < -0.39 is 17.9 Å². The van der Waals surface area contributed by atoms with E-state index in [-0.39, 0.29) is 24.7 Å². The summed E-state index contributed by atoms with van der Waals surface area (Å²) in [5, 5.41) is 16.5. The second kappa shape index (κ2) is 8.48. The summed E-state index contributed by atoms with van der Waals surface area (Å²) in [6.07, 6.45) is 1.59. The van der Waals surface area contributed by atoms with Gasteiger partial charge in [-0.2, -0.15) is 5.10 Å². The fraction of sp³-hybridized carbons (Fsp3) is 0.294. The molecule has 2 aromatic rings. The molecule has 138 valence electrons. The van der Waals surface area contributed by atoms with Crippen LogP contribution in [0.25, 0.3) is 5.69 Å². The zero-order valence-corrected chi connectivity index (χ0v) is 15.1. The van der Waals surface area contributed by atoms with Gasteiger partial charge in [0.05, 0.1) is 5.69 Å². The SMILES string of the molecule is CC(=O)NCCN(C(=O)c1ccn(-c2cccc(Cl)c2)n1)C(C)C(=O)O. The number of nitrogens with zero attached hydrogens (tertiary/aromatic N) is 3. The number of aliphatic carboxylic acids is 1. The van der Waals surface area contributed by atoms with Crippen LogP contribution in [0.3, 0.4) is 0 Å². The van der Waals surface area contributed by atoms with Gasteiger partial charge in [0.15, 0.2) is 5.69 Å². The molecule has 2 amide bonds. The number of benzene rings is 1. The molecule has 1 heterocycles. The van der Waals surface area contributed by atoms with Crippen molar-refractivity contribution in [3.05, 3.63) is 47.2 Å². The fourth-order valence-electron chi connectivity index (χ4n) is 2.30. The summed E-state index contributed by atoms with van der Waals surface area (Å²) in [4.78, 5) is 36.2. The fourth-order valence-corrected chi connectivity index (χ4v) is 2.49. The van der Waals surface area contributed by atoms with Crippen LogP contribution >= 0.6 is 11.6 Å². The van der Waals surface area contributed by atoms with Crippen LogP contribution in [-0.4, -0.2) is 56.7 Å². The average Bonchev–Trinajstić information content (AvgIpc) is 3.07. The van der Waals surface area contributed by atoms with Crippen LogP contribution in [0.5, 0.6) is 0 Å². The lowest BCUT2D eigenvalue weighted by Gasteiger charge is -2.25. The Kier molecular flexibility index (Phi) is 6.35. The molecule has 8 nitrogen and oxygen atoms in total. The molecule has 0 bridgehead atoms. The minimum atomic E-state index is -1.14. The summed E-state index contributed by atoms with van der Waals surface area (Å²) in [7, 11) is 0. The zero-order chi connectivity index (χ0) is 19.3. The second-order valence-corrected chi connectivity index (χ2v) is 6.06. The Morgan fingerprint density at radius 2 is 2.08 bits per heavy atom. The molecule has 1 unspecified atom stereocenters. The Bertz CT molecular complexity index is 821. The number of carboxylic acids is 1. The molecule has 26 heavy (non-hydrogen) atoms. The summed E-state index contributed by atoms with van der Waals surface area (Å²) in [5.74, 6) is -1.94. The lowest BCUT2D eigenvalue weighted by Crippen LogP contribution is -2.46. The van der Waals surface area contributed by atoms with Gasteiger partial charge in [-0.05, 0) is 31.2 Å². The molecule has 0 saturated carbocycles. The standard InChI is InChI=1S/C17H19ClN4O4/c1-11(17(25)26)21(9-7-19-12(2)23)16(24)15-6-8-22(20-15)14-5-3-4-13(18)10-14/h3-6,8,10-11H,7,9H2,1-2H3,(H,19,23)(H,25,26). The van der Waals surface area contributed by atoms with Gasteiger partial charge in [-0.3, -0.25) is 9.59 Å². The summed E-state index contributed by atoms with van der Waals surface area (Å²) >= 11 is 5.96. The van der Waals surface area contributed by atoms with Gasteiger partial charge in [-0.1, -0.05) is 17.7 Å². The summed E-state index contributed by atoms with van der Waals surface area (Å²) < 4.78 is 1.48. The molecule has 9 heteroatoms. The van der Waals surface area contributed by atoms with E-state index in [0.29, 0.717) is 10.7 Å². The van der Waals surface area contributed by atoms with Crippen molar-refractivity contribution >= 4 is 29.4 Å². The van der Waals surface area contributed by atoms with Crippen LogP contribution in [-0.2, 0) is 9.59 Å². The van der Waals surface area contributed by atoms with Gasteiger partial charge in [-0.25, -0.2) is 9.48 Å². The number of aromatic nitrogens is 2. The minimum absolute atomic E-state index is 0.0515. The Morgan fingerprint density at radius 3 is 2.69 bits per heavy atom. The van der Waals surface area contributed by atoms with Gasteiger partial charge in [0.25, 0.3) is 5.91 Å². The number of halogens is 1. The van der Waals surface area contributed by atoms with Crippen LogP contribution in [0.2, 0.25) is 5.02 Å². The summed E-state index contributed by atoms with van der Waals surface area (Å²) in [5.41, 5.74) is 0.772. The van der Waals surface area contributed by atoms with E-state index in [2.05, 4.69) is 10.4 Å². The van der Waals surface area contributed by atoms with Crippen molar-refractivity contribution in [3.63, 3.8) is 0 Å². The van der Waals surface area contributed by atoms with Gasteiger partial charge < -0.3 is 15.3 Å². The lowest BCUT2D eigenvalue weighted by atomic mass is 10.2. The first kappa shape index (κ1) is 19.5. The van der Waals surface area contributed by atoms with Gasteiger partial charge >= 0.3 is 5.97 Å². The number of rotatable bonds is 7. The highest BCUT2D eigenvalue weighted by molar-refractivity contribution is 6.30. The number of carbonyl (C=O) groups excluding carboxylic acids is 2. The summed E-state index contributed by atoms with van der Waals surface area (Å²) in [6.45, 7) is 2.95. The number of amides is 2. The number of nitrogens with one attached hydrogen (secondary N) is 1. The molecule has 0 fully saturated rings. The molecule has 0 aliphatic carbocycles. The molecular formula is C17H19ClN4O4. The molecule has 2 N–H and O–H groups in total. The second-order valence-electron chi connectivity index (χ2n) is 5.62. The van der Waals surface area contributed by atoms with Gasteiger partial charge in [0.1, 0.15) is 6.04 Å². The Hall–Kier alpha value is -2.87. The van der Waals surface area contributed by atoms with Gasteiger partial charge in [-0.15, -0.1) is 0 Å². The minimum Gasteiger partial charge on any atom is -0.480 e. The highest BCUT2D eigenvalue weighted by atomic mass is 35.5. The number of hydrogen-bond donors (Lipinski definition) is 2. The van der Waals surface area contributed by atoms with E-state index in [1.54, 1.807) is 30.5 Å². The van der Waals surface area contributed by atoms with Crippen molar-refractivity contribution < 1.29 is 19.5 Å². The topological polar surface area (TPSA) is 105 Å². The van der Waals surface area contributed by atoms with Crippen molar-refractivity contribution in [1.82, 2.24) is 20.0 Å². The van der Waals surface area contributed by atoms with Crippen LogP contribution in [0.1, 0.15) is 24.3 Å². The van der Waals surface area contributed by atoms with Gasteiger partial charge in [0.2, 0.25) is 5.91 Å². The largest absolute Gasteiger partial charge is 0.480 e. The molecule has 0 radical (unpaired) electrons. The molecule has 1 aromatic heterocycles. The number of carbonyl (C=O) groups is 3. The molecule has 0 spiro atoms. The molecule has 2 rings (SSSR count). The molecule has 1 aromatic carbocycles. The van der Waals surface area contributed by atoms with Gasteiger partial charge in [0, 0.05) is 31.2 Å². The van der Waals surface area contributed by atoms with E-state index in [1.807, 2.05) is 0 Å². The van der Waals surface area contributed by atoms with E-state index >= 15 is 0 Å². The smallest absolute Gasteiger partial charge is 0.326 e. The van der Waals surface area contributed by atoms with Crippen molar-refractivity contribution in [3.8, 4) is 5.69 Å². The zero-order valence-electron chi connectivity index (χ0n) is 14.3. The highest BCUT2D eigenvalue weighted by Crippen LogP contribution is 2.15. The Labute approximate surface area is 155 Å². The molecular weight excluding hydrogens is 360 g/mol. The first-order valence-electron chi connectivity index (χ1n) is 7.89. The average molecular weight is 379 g/mol. The molecule has 0 saturated heterocycles. The van der Waals surface area contributed by atoms with Crippen LogP contribution in [0.15, 0.2) is 36.5 Å². The third kappa shape index (κ3) is 4.82. The normalized spacial score (nSPS) is 11.7. The van der Waals surface area contributed by atoms with Crippen molar-refractivity contribution in [2.24, 2.45) is 0 Å². The lowest BCUT2D eigenvalue weighted by molar-refractivity contribution is -0.141. The maximum absolute atomic E-state index is 12.7. The highest BCUT2D eigenvalue weighted by Gasteiger charge is 2.27. The monoisotopic (exact) mass is 378 g/mol. The maximum atomic E-state index is 12.7. The Balaban J connectivity index is 2.22. The first-order chi connectivity index (χ1) is 12.3. The Morgan fingerprint density at radius 1 is 1.35 bits per heavy atom. The van der Waals surface area contributed by atoms with E-state index in [0.717, 1.165) is 4.90 Å².